The predicted octanol–water partition coefficient (Wildman–Crippen LogP) is 2.77. The van der Waals surface area contributed by atoms with E-state index < -0.39 is 24.3 Å². The fourth-order valence-corrected chi connectivity index (χ4v) is 1.92. The van der Waals surface area contributed by atoms with Crippen LogP contribution in [0.2, 0.25) is 0 Å². The van der Waals surface area contributed by atoms with E-state index in [1.54, 1.807) is 31.4 Å². The summed E-state index contributed by atoms with van der Waals surface area (Å²) >= 11 is 0. The molecule has 2 aromatic rings. The molecule has 6 heteroatoms. The van der Waals surface area contributed by atoms with Gasteiger partial charge in [-0.1, -0.05) is 24.3 Å². The van der Waals surface area contributed by atoms with Gasteiger partial charge in [-0.15, -0.1) is 0 Å². The maximum absolute atomic E-state index is 13.4. The topological polar surface area (TPSA) is 64.6 Å². The summed E-state index contributed by atoms with van der Waals surface area (Å²) in [7, 11) is 1.55. The molecular weight excluding hydrogens is 301 g/mol. The molecule has 0 saturated carbocycles. The molecule has 2 aromatic carbocycles. The molecular formula is C17H16FNO4. The summed E-state index contributed by atoms with van der Waals surface area (Å²) in [6.45, 7) is -0.128. The third-order valence-corrected chi connectivity index (χ3v) is 2.96. The Bertz CT molecular complexity index is 702. The predicted molar refractivity (Wildman–Crippen MR) is 82.5 cm³/mol. The Morgan fingerprint density at radius 1 is 1.13 bits per heavy atom. The van der Waals surface area contributed by atoms with E-state index in [1.807, 2.05) is 6.07 Å². The highest BCUT2D eigenvalue weighted by Gasteiger charge is 2.12. The number of carbonyl (C=O) groups is 2. The van der Waals surface area contributed by atoms with Gasteiger partial charge in [0.25, 0.3) is 5.91 Å². The van der Waals surface area contributed by atoms with Crippen molar-refractivity contribution in [3.63, 3.8) is 0 Å². The van der Waals surface area contributed by atoms with E-state index in [1.165, 1.54) is 18.2 Å². The Morgan fingerprint density at radius 3 is 2.65 bits per heavy atom. The molecule has 0 atom stereocenters. The first-order valence-electron chi connectivity index (χ1n) is 6.89. The average molecular weight is 317 g/mol. The lowest BCUT2D eigenvalue weighted by Gasteiger charge is -2.08. The third kappa shape index (κ3) is 4.89. The second-order valence-corrected chi connectivity index (χ2v) is 4.74. The Morgan fingerprint density at radius 2 is 1.91 bits per heavy atom. The quantitative estimate of drug-likeness (QED) is 0.832. The van der Waals surface area contributed by atoms with Crippen molar-refractivity contribution in [2.24, 2.45) is 0 Å². The molecule has 120 valence electrons. The zero-order valence-electron chi connectivity index (χ0n) is 12.5. The molecule has 5 nitrogen and oxygen atoms in total. The van der Waals surface area contributed by atoms with Crippen LogP contribution >= 0.6 is 0 Å². The number of halogens is 1. The Kier molecular flexibility index (Phi) is 5.82. The van der Waals surface area contributed by atoms with E-state index in [4.69, 9.17) is 9.47 Å². The monoisotopic (exact) mass is 317 g/mol. The summed E-state index contributed by atoms with van der Waals surface area (Å²) in [6.07, 6.45) is 0. The second kappa shape index (κ2) is 8.05. The van der Waals surface area contributed by atoms with Crippen LogP contribution in [0.5, 0.6) is 0 Å². The highest BCUT2D eigenvalue weighted by molar-refractivity contribution is 5.95. The summed E-state index contributed by atoms with van der Waals surface area (Å²) in [5.41, 5.74) is 1.17. The van der Waals surface area contributed by atoms with Crippen molar-refractivity contribution < 1.29 is 23.5 Å². The van der Waals surface area contributed by atoms with Crippen molar-refractivity contribution in [2.75, 3.05) is 19.0 Å². The first-order chi connectivity index (χ1) is 11.1. The van der Waals surface area contributed by atoms with E-state index in [2.05, 4.69) is 5.32 Å². The van der Waals surface area contributed by atoms with Crippen LogP contribution < -0.4 is 5.32 Å². The van der Waals surface area contributed by atoms with Crippen LogP contribution in [-0.4, -0.2) is 25.6 Å². The number of benzene rings is 2. The van der Waals surface area contributed by atoms with Crippen molar-refractivity contribution in [1.29, 1.82) is 0 Å². The standard InChI is InChI=1S/C17H16FNO4/c1-22-10-12-5-4-6-13(9-12)17(21)23-11-16(20)19-15-8-3-2-7-14(15)18/h2-9H,10-11H2,1H3,(H,19,20). The van der Waals surface area contributed by atoms with Crippen molar-refractivity contribution in [3.8, 4) is 0 Å². The lowest BCUT2D eigenvalue weighted by molar-refractivity contribution is -0.119. The molecule has 1 amide bonds. The minimum Gasteiger partial charge on any atom is -0.452 e. The van der Waals surface area contributed by atoms with Gasteiger partial charge in [0.15, 0.2) is 6.61 Å². The molecule has 0 aliphatic carbocycles. The van der Waals surface area contributed by atoms with E-state index in [-0.39, 0.29) is 5.69 Å². The van der Waals surface area contributed by atoms with Gasteiger partial charge in [-0.3, -0.25) is 4.79 Å². The lowest BCUT2D eigenvalue weighted by atomic mass is 10.1. The number of hydrogen-bond donors (Lipinski definition) is 1. The number of hydrogen-bond acceptors (Lipinski definition) is 4. The Labute approximate surface area is 133 Å². The number of amides is 1. The zero-order valence-corrected chi connectivity index (χ0v) is 12.5. The largest absolute Gasteiger partial charge is 0.452 e. The lowest BCUT2D eigenvalue weighted by Crippen LogP contribution is -2.21. The normalized spacial score (nSPS) is 10.2. The van der Waals surface area contributed by atoms with Crippen LogP contribution in [0, 0.1) is 5.82 Å². The molecule has 2 rings (SSSR count). The number of anilines is 1. The van der Waals surface area contributed by atoms with Crippen LogP contribution in [0.3, 0.4) is 0 Å². The first-order valence-corrected chi connectivity index (χ1v) is 6.89. The van der Waals surface area contributed by atoms with Crippen molar-refractivity contribution in [2.45, 2.75) is 6.61 Å². The molecule has 0 aliphatic rings. The molecule has 0 fully saturated rings. The van der Waals surface area contributed by atoms with Gasteiger partial charge in [-0.2, -0.15) is 0 Å². The summed E-state index contributed by atoms with van der Waals surface area (Å²) in [5.74, 6) is -1.80. The second-order valence-electron chi connectivity index (χ2n) is 4.74. The maximum Gasteiger partial charge on any atom is 0.338 e. The summed E-state index contributed by atoms with van der Waals surface area (Å²) in [5, 5.41) is 2.34. The van der Waals surface area contributed by atoms with Crippen molar-refractivity contribution in [3.05, 3.63) is 65.5 Å². The molecule has 0 bridgehead atoms. The van der Waals surface area contributed by atoms with Crippen LogP contribution in [-0.2, 0) is 20.9 Å². The Hall–Kier alpha value is -2.73. The number of nitrogens with one attached hydrogen (secondary N) is 1. The molecule has 0 aromatic heterocycles. The number of ether oxygens (including phenoxy) is 2. The highest BCUT2D eigenvalue weighted by Crippen LogP contribution is 2.12. The van der Waals surface area contributed by atoms with Crippen LogP contribution in [0.15, 0.2) is 48.5 Å². The molecule has 1 N–H and O–H groups in total. The number of methoxy groups -OCH3 is 1. The molecule has 0 spiro atoms. The van der Waals surface area contributed by atoms with Gasteiger partial charge >= 0.3 is 5.97 Å². The molecule has 0 heterocycles. The van der Waals surface area contributed by atoms with Gasteiger partial charge in [0.1, 0.15) is 5.82 Å². The average Bonchev–Trinajstić information content (AvgIpc) is 2.55. The van der Waals surface area contributed by atoms with Gasteiger partial charge in [0.05, 0.1) is 17.9 Å². The number of esters is 1. The molecule has 0 aliphatic heterocycles. The Balaban J connectivity index is 1.90. The van der Waals surface area contributed by atoms with Gasteiger partial charge in [0.2, 0.25) is 0 Å². The number of rotatable bonds is 6. The summed E-state index contributed by atoms with van der Waals surface area (Å²) in [6, 6.07) is 12.5. The van der Waals surface area contributed by atoms with Crippen LogP contribution in [0.4, 0.5) is 10.1 Å². The summed E-state index contributed by atoms with van der Waals surface area (Å²) in [4.78, 5) is 23.6. The van der Waals surface area contributed by atoms with Gasteiger partial charge in [-0.05, 0) is 29.8 Å². The van der Waals surface area contributed by atoms with E-state index >= 15 is 0 Å². The van der Waals surface area contributed by atoms with E-state index in [0.29, 0.717) is 12.2 Å². The number of para-hydroxylation sites is 1. The SMILES string of the molecule is COCc1cccc(C(=O)OCC(=O)Nc2ccccc2F)c1. The minimum atomic E-state index is -0.633. The summed E-state index contributed by atoms with van der Waals surface area (Å²) < 4.78 is 23.3. The van der Waals surface area contributed by atoms with Gasteiger partial charge in [-0.25, -0.2) is 9.18 Å². The minimum absolute atomic E-state index is 0.0376. The zero-order chi connectivity index (χ0) is 16.7. The molecule has 0 unspecified atom stereocenters. The smallest absolute Gasteiger partial charge is 0.338 e. The molecule has 23 heavy (non-hydrogen) atoms. The molecule has 0 radical (unpaired) electrons. The molecule has 0 saturated heterocycles. The van der Waals surface area contributed by atoms with E-state index in [9.17, 15) is 14.0 Å². The first kappa shape index (κ1) is 16.6. The fraction of sp³-hybridized carbons (Fsp3) is 0.176. The van der Waals surface area contributed by atoms with Gasteiger partial charge < -0.3 is 14.8 Å². The number of carbonyl (C=O) groups excluding carboxylic acids is 2. The van der Waals surface area contributed by atoms with Crippen LogP contribution in [0.25, 0.3) is 0 Å². The highest BCUT2D eigenvalue weighted by atomic mass is 19.1. The maximum atomic E-state index is 13.4. The van der Waals surface area contributed by atoms with Crippen molar-refractivity contribution in [1.82, 2.24) is 0 Å². The van der Waals surface area contributed by atoms with Crippen molar-refractivity contribution >= 4 is 17.6 Å². The van der Waals surface area contributed by atoms with Gasteiger partial charge in [0, 0.05) is 7.11 Å². The third-order valence-electron chi connectivity index (χ3n) is 2.96. The van der Waals surface area contributed by atoms with E-state index in [0.717, 1.165) is 5.56 Å². The fourth-order valence-electron chi connectivity index (χ4n) is 1.92. The van der Waals surface area contributed by atoms with Crippen LogP contribution in [0.1, 0.15) is 15.9 Å².